The smallest absolute Gasteiger partial charge is 0.353 e. The Bertz CT molecular complexity index is 1810. The number of nitrogens with zero attached hydrogens (tertiary/aromatic N) is 6. The van der Waals surface area contributed by atoms with E-state index in [1.807, 2.05) is 0 Å². The number of aromatic nitrogens is 6. The molecule has 0 unspecified atom stereocenters. The Morgan fingerprint density at radius 3 is 2.23 bits per heavy atom. The molecule has 4 heterocycles. The first-order chi connectivity index (χ1) is 18.5. The second-order valence-electron chi connectivity index (χ2n) is 8.85. The molecule has 10 radical (unpaired) electrons. The second kappa shape index (κ2) is 9.88. The Morgan fingerprint density at radius 2 is 1.62 bits per heavy atom. The molecule has 3 N–H and O–H groups in total. The fraction of sp³-hybridized carbons (Fsp3) is 0.125. The Morgan fingerprint density at radius 1 is 0.949 bits per heavy atom. The highest BCUT2D eigenvalue weighted by Gasteiger charge is 2.25. The van der Waals surface area contributed by atoms with E-state index in [0.29, 0.717) is 22.6 Å². The van der Waals surface area contributed by atoms with E-state index in [1.165, 1.54) is 12.1 Å². The summed E-state index contributed by atoms with van der Waals surface area (Å²) in [5, 5.41) is 14.3. The minimum Gasteiger partial charge on any atom is -0.390 e. The van der Waals surface area contributed by atoms with Crippen LogP contribution >= 0.6 is 0 Å². The lowest BCUT2D eigenvalue weighted by atomic mass is 9.60. The second-order valence-corrected chi connectivity index (χ2v) is 8.85. The van der Waals surface area contributed by atoms with Crippen LogP contribution in [0.25, 0.3) is 28.0 Å². The minimum absolute atomic E-state index is 0.00199. The number of hydrogen-bond acceptors (Lipinski definition) is 7. The van der Waals surface area contributed by atoms with Gasteiger partial charge in [-0.3, -0.25) is 9.97 Å². The maximum atomic E-state index is 13.4. The first-order valence-electron chi connectivity index (χ1n) is 11.5. The molecule has 9 nitrogen and oxygen atoms in total. The van der Waals surface area contributed by atoms with Crippen LogP contribution in [-0.2, 0) is 13.2 Å². The molecule has 0 aliphatic carbocycles. The van der Waals surface area contributed by atoms with Gasteiger partial charge in [0.05, 0.1) is 42.0 Å². The molecular weight excluding hydrogens is 491 g/mol. The Labute approximate surface area is 228 Å². The third-order valence-corrected chi connectivity index (χ3v) is 6.25. The van der Waals surface area contributed by atoms with Gasteiger partial charge in [0.1, 0.15) is 45.0 Å². The molecule has 180 valence electrons. The number of hydrogen-bond donors (Lipinski definition) is 2. The monoisotopic (exact) mass is 507 g/mol. The molecule has 5 rings (SSSR count). The molecule has 0 aliphatic heterocycles. The van der Waals surface area contributed by atoms with Gasteiger partial charge in [-0.1, -0.05) is 10.9 Å². The summed E-state index contributed by atoms with van der Waals surface area (Å²) < 4.78 is 15.6. The number of nitrogens with two attached hydrogens (primary N) is 1. The topological polar surface area (TPSA) is 124 Å². The quantitative estimate of drug-likeness (QED) is 0.238. The first kappa shape index (κ1) is 26.5. The van der Waals surface area contributed by atoms with Gasteiger partial charge in [-0.2, -0.15) is 0 Å². The zero-order valence-corrected chi connectivity index (χ0v) is 20.7. The van der Waals surface area contributed by atoms with E-state index in [1.54, 1.807) is 19.1 Å². The molecule has 0 saturated heterocycles. The lowest BCUT2D eigenvalue weighted by Gasteiger charge is -2.23. The van der Waals surface area contributed by atoms with Gasteiger partial charge < -0.3 is 10.8 Å². The van der Waals surface area contributed by atoms with Gasteiger partial charge >= 0.3 is 5.69 Å². The number of nitrogen functional groups attached to an aromatic ring is 1. The number of benzene rings is 1. The normalized spacial score (nSPS) is 11.4. The van der Waals surface area contributed by atoms with Crippen molar-refractivity contribution in [1.82, 2.24) is 29.1 Å². The SMILES string of the molecule is [B]c1c([B])c([B])c(-c2nc(N)n3c(=O)n(Cc4ccc(F)cn4)nc3c2-c2cc(C)nc(CO)c2)c([B])c1[B]. The molecule has 0 amide bonds. The molecule has 0 aliphatic rings. The van der Waals surface area contributed by atoms with Crippen LogP contribution in [-0.4, -0.2) is 73.5 Å². The van der Waals surface area contributed by atoms with Gasteiger partial charge in [0.25, 0.3) is 0 Å². The summed E-state index contributed by atoms with van der Waals surface area (Å²) >= 11 is 0. The van der Waals surface area contributed by atoms with Crippen LogP contribution in [0.4, 0.5) is 10.3 Å². The number of aryl methyl sites for hydroxylation is 1. The predicted molar refractivity (Wildman–Crippen MR) is 151 cm³/mol. The molecule has 15 heteroatoms. The largest absolute Gasteiger partial charge is 0.390 e. The third-order valence-electron chi connectivity index (χ3n) is 6.25. The van der Waals surface area contributed by atoms with E-state index in [0.717, 1.165) is 15.3 Å². The van der Waals surface area contributed by atoms with E-state index in [2.05, 4.69) is 20.1 Å². The fourth-order valence-electron chi connectivity index (χ4n) is 4.37. The average molecular weight is 506 g/mol. The molecule has 0 saturated carbocycles. The van der Waals surface area contributed by atoms with E-state index in [-0.39, 0.29) is 68.9 Å². The number of aliphatic hydroxyl groups is 1. The highest BCUT2D eigenvalue weighted by molar-refractivity contribution is 6.68. The van der Waals surface area contributed by atoms with E-state index in [9.17, 15) is 14.3 Å². The Balaban J connectivity index is 1.90. The summed E-state index contributed by atoms with van der Waals surface area (Å²) in [7, 11) is 30.9. The van der Waals surface area contributed by atoms with Crippen LogP contribution in [0.5, 0.6) is 0 Å². The van der Waals surface area contributed by atoms with E-state index >= 15 is 0 Å². The number of anilines is 1. The molecule has 1 aromatic carbocycles. The third kappa shape index (κ3) is 4.46. The van der Waals surface area contributed by atoms with Crippen LogP contribution < -0.4 is 38.7 Å². The Kier molecular flexibility index (Phi) is 6.71. The van der Waals surface area contributed by atoms with Crippen molar-refractivity contribution in [3.8, 4) is 22.4 Å². The van der Waals surface area contributed by atoms with Crippen molar-refractivity contribution in [3.05, 3.63) is 63.8 Å². The van der Waals surface area contributed by atoms with Crippen LogP contribution in [0.3, 0.4) is 0 Å². The lowest BCUT2D eigenvalue weighted by Crippen LogP contribution is -2.55. The molecule has 4 aromatic heterocycles. The summed E-state index contributed by atoms with van der Waals surface area (Å²) in [6, 6.07) is 5.96. The van der Waals surface area contributed by atoms with Crippen LogP contribution in [0.15, 0.2) is 35.3 Å². The van der Waals surface area contributed by atoms with Crippen molar-refractivity contribution in [2.24, 2.45) is 0 Å². The number of fused-ring (bicyclic) bond motifs is 1. The molecular formula is C24H15B5FN7O2. The molecule has 0 atom stereocenters. The van der Waals surface area contributed by atoms with Crippen molar-refractivity contribution in [2.45, 2.75) is 20.1 Å². The molecule has 5 aromatic rings. The average Bonchev–Trinajstić information content (AvgIpc) is 3.23. The molecule has 39 heavy (non-hydrogen) atoms. The maximum Gasteiger partial charge on any atom is 0.353 e. The van der Waals surface area contributed by atoms with Crippen molar-refractivity contribution in [1.29, 1.82) is 0 Å². The minimum atomic E-state index is -0.626. The van der Waals surface area contributed by atoms with Crippen molar-refractivity contribution < 1.29 is 9.50 Å². The maximum absolute atomic E-state index is 13.4. The summed E-state index contributed by atoms with van der Waals surface area (Å²) in [5.74, 6) is -0.751. The van der Waals surface area contributed by atoms with Gasteiger partial charge in [0.15, 0.2) is 5.65 Å². The van der Waals surface area contributed by atoms with Crippen LogP contribution in [0.1, 0.15) is 17.1 Å². The number of pyridine rings is 2. The van der Waals surface area contributed by atoms with E-state index in [4.69, 9.17) is 45.0 Å². The zero-order chi connectivity index (χ0) is 28.2. The highest BCUT2D eigenvalue weighted by Crippen LogP contribution is 2.33. The van der Waals surface area contributed by atoms with Crippen LogP contribution in [0.2, 0.25) is 0 Å². The molecule has 0 fully saturated rings. The first-order valence-corrected chi connectivity index (χ1v) is 11.5. The number of halogens is 1. The Hall–Kier alpha value is -4.12. The molecule has 0 bridgehead atoms. The summed E-state index contributed by atoms with van der Waals surface area (Å²) in [4.78, 5) is 26.2. The van der Waals surface area contributed by atoms with Gasteiger partial charge in [0.2, 0.25) is 5.95 Å². The zero-order valence-electron chi connectivity index (χ0n) is 20.7. The van der Waals surface area contributed by atoms with E-state index < -0.39 is 11.5 Å². The van der Waals surface area contributed by atoms with Crippen LogP contribution in [0, 0.1) is 12.7 Å². The number of aliphatic hydroxyl groups excluding tert-OH is 1. The van der Waals surface area contributed by atoms with Crippen molar-refractivity contribution in [3.63, 3.8) is 0 Å². The number of rotatable bonds is 5. The van der Waals surface area contributed by atoms with Gasteiger partial charge in [-0.05, 0) is 42.3 Å². The fourth-order valence-corrected chi connectivity index (χ4v) is 4.37. The van der Waals surface area contributed by atoms with Gasteiger partial charge in [-0.15, -0.1) is 21.5 Å². The summed E-state index contributed by atoms with van der Waals surface area (Å²) in [6.07, 6.45) is 1.03. The summed E-state index contributed by atoms with van der Waals surface area (Å²) in [5.41, 5.74) is 8.07. The van der Waals surface area contributed by atoms with Gasteiger partial charge in [0, 0.05) is 5.69 Å². The summed E-state index contributed by atoms with van der Waals surface area (Å²) in [6.45, 7) is 1.29. The van der Waals surface area contributed by atoms with Crippen molar-refractivity contribution >= 4 is 78.1 Å². The standard InChI is InChI=1S/C24H15B5FN7O2/c1-9-4-10(5-13(8-38)33-9)14-21(15-16(25)18(27)20(29)19(28)17(15)26)34-23(31)37-22(14)35-36(24(37)39)7-12-3-2-11(30)6-32-12/h2-6,38H,7-8H2,1H3,(H2,31,34). The molecule has 0 spiro atoms. The lowest BCUT2D eigenvalue weighted by molar-refractivity contribution is 0.276. The van der Waals surface area contributed by atoms with Crippen molar-refractivity contribution in [2.75, 3.05) is 5.73 Å². The predicted octanol–water partition coefficient (Wildman–Crippen LogP) is -3.45. The van der Waals surface area contributed by atoms with Gasteiger partial charge in [-0.25, -0.2) is 23.3 Å². The highest BCUT2D eigenvalue weighted by atomic mass is 19.1.